The lowest BCUT2D eigenvalue weighted by atomic mass is 10.1. The molecule has 3 heterocycles. The molecule has 1 aliphatic rings. The predicted molar refractivity (Wildman–Crippen MR) is 94.0 cm³/mol. The zero-order valence-electron chi connectivity index (χ0n) is 13.3. The van der Waals surface area contributed by atoms with Crippen LogP contribution in [0.1, 0.15) is 5.56 Å². The SMILES string of the molecule is Clc1ccc(CN2CCO[C@@H](Cn3cccn3)C2)c2ncccc12. The number of nitrogens with zero attached hydrogens (tertiary/aromatic N) is 4. The predicted octanol–water partition coefficient (Wildman–Crippen LogP) is 2.99. The fourth-order valence-corrected chi connectivity index (χ4v) is 3.43. The number of rotatable bonds is 4. The van der Waals surface area contributed by atoms with Crippen LogP contribution in [0.5, 0.6) is 0 Å². The van der Waals surface area contributed by atoms with Crippen LogP contribution in [-0.2, 0) is 17.8 Å². The Hall–Kier alpha value is -1.95. The molecule has 0 amide bonds. The van der Waals surface area contributed by atoms with Crippen molar-refractivity contribution in [3.8, 4) is 0 Å². The number of benzene rings is 1. The number of fused-ring (bicyclic) bond motifs is 1. The molecular weight excluding hydrogens is 324 g/mol. The number of hydrogen-bond donors (Lipinski definition) is 0. The van der Waals surface area contributed by atoms with Crippen molar-refractivity contribution < 1.29 is 4.74 Å². The highest BCUT2D eigenvalue weighted by atomic mass is 35.5. The zero-order valence-corrected chi connectivity index (χ0v) is 14.1. The van der Waals surface area contributed by atoms with E-state index in [4.69, 9.17) is 16.3 Å². The molecule has 3 aromatic rings. The molecule has 0 aliphatic carbocycles. The first-order valence-corrected chi connectivity index (χ1v) is 8.51. The summed E-state index contributed by atoms with van der Waals surface area (Å²) in [6, 6.07) is 9.92. The van der Waals surface area contributed by atoms with Crippen molar-refractivity contribution in [2.75, 3.05) is 19.7 Å². The van der Waals surface area contributed by atoms with Crippen molar-refractivity contribution in [3.05, 3.63) is 59.5 Å². The van der Waals surface area contributed by atoms with Crippen LogP contribution < -0.4 is 0 Å². The van der Waals surface area contributed by atoms with Crippen molar-refractivity contribution in [3.63, 3.8) is 0 Å². The molecule has 0 saturated carbocycles. The third kappa shape index (κ3) is 3.29. The number of halogens is 1. The van der Waals surface area contributed by atoms with Crippen molar-refractivity contribution in [2.24, 2.45) is 0 Å². The highest BCUT2D eigenvalue weighted by Gasteiger charge is 2.22. The van der Waals surface area contributed by atoms with E-state index < -0.39 is 0 Å². The second-order valence-corrected chi connectivity index (χ2v) is 6.47. The van der Waals surface area contributed by atoms with E-state index in [1.54, 1.807) is 6.20 Å². The smallest absolute Gasteiger partial charge is 0.0898 e. The Bertz CT molecular complexity index is 821. The molecule has 1 saturated heterocycles. The Balaban J connectivity index is 1.50. The Morgan fingerprint density at radius 1 is 1.21 bits per heavy atom. The van der Waals surface area contributed by atoms with Gasteiger partial charge in [0.2, 0.25) is 0 Å². The Morgan fingerprint density at radius 3 is 3.04 bits per heavy atom. The summed E-state index contributed by atoms with van der Waals surface area (Å²) in [7, 11) is 0. The Morgan fingerprint density at radius 2 is 2.17 bits per heavy atom. The molecule has 2 aromatic heterocycles. The van der Waals surface area contributed by atoms with Crippen LogP contribution in [0, 0.1) is 0 Å². The van der Waals surface area contributed by atoms with Crippen LogP contribution >= 0.6 is 11.6 Å². The minimum atomic E-state index is 0.158. The largest absolute Gasteiger partial charge is 0.374 e. The van der Waals surface area contributed by atoms with Crippen LogP contribution in [0.25, 0.3) is 10.9 Å². The average molecular weight is 343 g/mol. The quantitative estimate of drug-likeness (QED) is 0.731. The fraction of sp³-hybridized carbons (Fsp3) is 0.333. The van der Waals surface area contributed by atoms with E-state index in [0.717, 1.165) is 48.7 Å². The molecule has 6 heteroatoms. The van der Waals surface area contributed by atoms with Gasteiger partial charge in [-0.15, -0.1) is 0 Å². The van der Waals surface area contributed by atoms with Gasteiger partial charge in [-0.1, -0.05) is 17.7 Å². The number of morpholine rings is 1. The minimum Gasteiger partial charge on any atom is -0.374 e. The molecule has 1 aromatic carbocycles. The Kier molecular flexibility index (Phi) is 4.47. The molecule has 0 bridgehead atoms. The van der Waals surface area contributed by atoms with Gasteiger partial charge >= 0.3 is 0 Å². The fourth-order valence-electron chi connectivity index (χ4n) is 3.22. The molecular formula is C18H19ClN4O. The van der Waals surface area contributed by atoms with Gasteiger partial charge in [-0.2, -0.15) is 5.10 Å². The first-order chi connectivity index (χ1) is 11.8. The third-order valence-electron chi connectivity index (χ3n) is 4.37. The van der Waals surface area contributed by atoms with Crippen molar-refractivity contribution >= 4 is 22.5 Å². The summed E-state index contributed by atoms with van der Waals surface area (Å²) in [6.07, 6.45) is 5.75. The van der Waals surface area contributed by atoms with Crippen LogP contribution in [0.3, 0.4) is 0 Å². The maximum absolute atomic E-state index is 6.29. The van der Waals surface area contributed by atoms with Gasteiger partial charge in [0.1, 0.15) is 0 Å². The van der Waals surface area contributed by atoms with E-state index in [1.165, 1.54) is 5.56 Å². The second kappa shape index (κ2) is 6.89. The van der Waals surface area contributed by atoms with Crippen molar-refractivity contribution in [2.45, 2.75) is 19.2 Å². The standard InChI is InChI=1S/C18H19ClN4O/c19-17-5-4-14(18-16(17)3-1-6-20-18)11-22-9-10-24-15(12-22)13-23-8-2-7-21-23/h1-8,15H,9-13H2/t15-/m1/s1. The molecule has 0 spiro atoms. The molecule has 1 fully saturated rings. The second-order valence-electron chi connectivity index (χ2n) is 6.06. The van der Waals surface area contributed by atoms with Crippen molar-refractivity contribution in [1.29, 1.82) is 0 Å². The maximum atomic E-state index is 6.29. The average Bonchev–Trinajstić information content (AvgIpc) is 3.11. The minimum absolute atomic E-state index is 0.158. The molecule has 1 atom stereocenters. The molecule has 24 heavy (non-hydrogen) atoms. The van der Waals surface area contributed by atoms with Gasteiger partial charge in [0.05, 0.1) is 24.8 Å². The van der Waals surface area contributed by atoms with E-state index in [2.05, 4.69) is 21.0 Å². The maximum Gasteiger partial charge on any atom is 0.0898 e. The highest BCUT2D eigenvalue weighted by molar-refractivity contribution is 6.35. The van der Waals surface area contributed by atoms with Gasteiger partial charge in [0.25, 0.3) is 0 Å². The first-order valence-electron chi connectivity index (χ1n) is 8.13. The first kappa shape index (κ1) is 15.6. The Labute approximate surface area is 145 Å². The lowest BCUT2D eigenvalue weighted by molar-refractivity contribution is -0.0401. The lowest BCUT2D eigenvalue weighted by Crippen LogP contribution is -2.43. The van der Waals surface area contributed by atoms with Crippen LogP contribution in [-0.4, -0.2) is 45.5 Å². The molecule has 0 unspecified atom stereocenters. The van der Waals surface area contributed by atoms with Gasteiger partial charge in [0.15, 0.2) is 0 Å². The summed E-state index contributed by atoms with van der Waals surface area (Å²) in [4.78, 5) is 6.94. The van der Waals surface area contributed by atoms with Gasteiger partial charge in [-0.3, -0.25) is 14.6 Å². The lowest BCUT2D eigenvalue weighted by Gasteiger charge is -2.33. The summed E-state index contributed by atoms with van der Waals surface area (Å²) in [5.41, 5.74) is 2.19. The molecule has 124 valence electrons. The summed E-state index contributed by atoms with van der Waals surface area (Å²) in [5.74, 6) is 0. The van der Waals surface area contributed by atoms with Gasteiger partial charge in [-0.05, 0) is 29.8 Å². The number of ether oxygens (including phenoxy) is 1. The summed E-state index contributed by atoms with van der Waals surface area (Å²) >= 11 is 6.29. The van der Waals surface area contributed by atoms with E-state index in [0.29, 0.717) is 0 Å². The van der Waals surface area contributed by atoms with E-state index in [9.17, 15) is 0 Å². The van der Waals surface area contributed by atoms with Crippen LogP contribution in [0.15, 0.2) is 48.9 Å². The van der Waals surface area contributed by atoms with Crippen molar-refractivity contribution in [1.82, 2.24) is 19.7 Å². The molecule has 0 radical (unpaired) electrons. The number of pyridine rings is 1. The molecule has 4 rings (SSSR count). The number of hydrogen-bond acceptors (Lipinski definition) is 4. The third-order valence-corrected chi connectivity index (χ3v) is 4.70. The van der Waals surface area contributed by atoms with Crippen LogP contribution in [0.2, 0.25) is 5.02 Å². The molecule has 1 aliphatic heterocycles. The summed E-state index contributed by atoms with van der Waals surface area (Å²) in [6.45, 7) is 4.18. The topological polar surface area (TPSA) is 43.2 Å². The number of aromatic nitrogens is 3. The monoisotopic (exact) mass is 342 g/mol. The normalized spacial score (nSPS) is 19.0. The van der Waals surface area contributed by atoms with Gasteiger partial charge in [0, 0.05) is 48.6 Å². The molecule has 0 N–H and O–H groups in total. The summed E-state index contributed by atoms with van der Waals surface area (Å²) in [5, 5.41) is 6.03. The van der Waals surface area contributed by atoms with E-state index in [1.807, 2.05) is 41.3 Å². The van der Waals surface area contributed by atoms with E-state index in [-0.39, 0.29) is 6.10 Å². The van der Waals surface area contributed by atoms with Gasteiger partial charge < -0.3 is 4.74 Å². The van der Waals surface area contributed by atoms with E-state index >= 15 is 0 Å². The molecule has 5 nitrogen and oxygen atoms in total. The zero-order chi connectivity index (χ0) is 16.4. The highest BCUT2D eigenvalue weighted by Crippen LogP contribution is 2.26. The van der Waals surface area contributed by atoms with Gasteiger partial charge in [-0.25, -0.2) is 0 Å². The summed E-state index contributed by atoms with van der Waals surface area (Å²) < 4.78 is 7.81. The van der Waals surface area contributed by atoms with Crippen LogP contribution in [0.4, 0.5) is 0 Å².